The number of halogens is 1. The highest BCUT2D eigenvalue weighted by Gasteiger charge is 2.23. The van der Waals surface area contributed by atoms with E-state index in [2.05, 4.69) is 20.0 Å². The Hall–Kier alpha value is -3.94. The molecular weight excluding hydrogens is 437 g/mol. The quantitative estimate of drug-likeness (QED) is 0.233. The molecule has 2 aromatic heterocycles. The number of nitrogens with one attached hydrogen (secondary N) is 1. The van der Waals surface area contributed by atoms with E-state index >= 15 is 0 Å². The Morgan fingerprint density at radius 1 is 1.03 bits per heavy atom. The van der Waals surface area contributed by atoms with Crippen molar-refractivity contribution in [2.45, 2.75) is 25.7 Å². The number of anilines is 1. The van der Waals surface area contributed by atoms with E-state index in [4.69, 9.17) is 9.15 Å². The van der Waals surface area contributed by atoms with E-state index in [9.17, 15) is 9.18 Å². The third kappa shape index (κ3) is 5.01. The van der Waals surface area contributed by atoms with Gasteiger partial charge in [-0.15, -0.1) is 0 Å². The molecule has 0 fully saturated rings. The van der Waals surface area contributed by atoms with Crippen LogP contribution in [0.3, 0.4) is 0 Å². The van der Waals surface area contributed by atoms with Crippen LogP contribution in [0.1, 0.15) is 25.7 Å². The van der Waals surface area contributed by atoms with E-state index in [1.54, 1.807) is 25.3 Å². The van der Waals surface area contributed by atoms with Gasteiger partial charge in [0.1, 0.15) is 29.5 Å². The maximum absolute atomic E-state index is 14.8. The topological polar surface area (TPSA) is 86.5 Å². The van der Waals surface area contributed by atoms with Crippen LogP contribution >= 0.6 is 0 Å². The second kappa shape index (κ2) is 10.8. The highest BCUT2D eigenvalue weighted by Crippen LogP contribution is 2.43. The molecule has 0 aliphatic carbocycles. The van der Waals surface area contributed by atoms with Crippen LogP contribution in [0.25, 0.3) is 33.6 Å². The van der Waals surface area contributed by atoms with Crippen molar-refractivity contribution >= 4 is 22.9 Å². The zero-order valence-electron chi connectivity index (χ0n) is 19.1. The highest BCUT2D eigenvalue weighted by atomic mass is 19.1. The van der Waals surface area contributed by atoms with Gasteiger partial charge in [-0.05, 0) is 42.7 Å². The zero-order valence-corrected chi connectivity index (χ0v) is 19.1. The van der Waals surface area contributed by atoms with Crippen molar-refractivity contribution in [2.24, 2.45) is 0 Å². The summed E-state index contributed by atoms with van der Waals surface area (Å²) in [6.07, 6.45) is 4.30. The van der Waals surface area contributed by atoms with Gasteiger partial charge >= 0.3 is 5.97 Å². The average molecular weight is 464 g/mol. The number of fused-ring (bicyclic) bond motifs is 1. The minimum absolute atomic E-state index is 0.200. The van der Waals surface area contributed by atoms with Crippen LogP contribution in [0.15, 0.2) is 59.3 Å². The maximum atomic E-state index is 14.8. The minimum Gasteiger partial charge on any atom is -0.497 e. The SMILES string of the molecule is COC(=O)CCCCCNc1ncnc2oc(-c3ccccc3F)c(-c3ccc(OC)cc3)c12. The van der Waals surface area contributed by atoms with Crippen molar-refractivity contribution in [1.82, 2.24) is 9.97 Å². The van der Waals surface area contributed by atoms with Crippen LogP contribution in [0.5, 0.6) is 5.75 Å². The smallest absolute Gasteiger partial charge is 0.305 e. The molecule has 0 aliphatic heterocycles. The molecule has 8 heteroatoms. The Kier molecular flexibility index (Phi) is 7.37. The summed E-state index contributed by atoms with van der Waals surface area (Å²) in [6.45, 7) is 0.648. The molecule has 176 valence electrons. The van der Waals surface area contributed by atoms with Crippen LogP contribution in [0.4, 0.5) is 10.2 Å². The van der Waals surface area contributed by atoms with E-state index in [1.165, 1.54) is 19.5 Å². The molecule has 4 aromatic rings. The summed E-state index contributed by atoms with van der Waals surface area (Å²) in [7, 11) is 3.00. The molecule has 0 radical (unpaired) electrons. The lowest BCUT2D eigenvalue weighted by atomic mass is 9.99. The molecule has 0 atom stereocenters. The van der Waals surface area contributed by atoms with E-state index in [0.717, 1.165) is 24.8 Å². The summed E-state index contributed by atoms with van der Waals surface area (Å²) in [5.74, 6) is 1.12. The fraction of sp³-hybridized carbons (Fsp3) is 0.269. The fourth-order valence-electron chi connectivity index (χ4n) is 3.82. The molecule has 0 bridgehead atoms. The summed E-state index contributed by atoms with van der Waals surface area (Å²) in [4.78, 5) is 20.0. The summed E-state index contributed by atoms with van der Waals surface area (Å²) >= 11 is 0. The molecule has 0 unspecified atom stereocenters. The molecule has 1 N–H and O–H groups in total. The van der Waals surface area contributed by atoms with Crippen LogP contribution in [0.2, 0.25) is 0 Å². The standard InChI is InChI=1S/C26H26FN3O4/c1-32-18-13-11-17(12-14-18)22-23-25(28-15-7-3-4-10-21(31)33-2)29-16-30-26(23)34-24(22)19-8-5-6-9-20(19)27/h5-6,8-9,11-14,16H,3-4,7,10,15H2,1-2H3,(H,28,29,30). The van der Waals surface area contributed by atoms with Gasteiger partial charge in [-0.25, -0.2) is 14.4 Å². The van der Waals surface area contributed by atoms with Gasteiger partial charge in [0.25, 0.3) is 0 Å². The van der Waals surface area contributed by atoms with E-state index in [1.807, 2.05) is 24.3 Å². The van der Waals surface area contributed by atoms with Crippen molar-refractivity contribution in [3.05, 3.63) is 60.7 Å². The molecule has 0 amide bonds. The average Bonchev–Trinajstić information content (AvgIpc) is 3.26. The first-order valence-electron chi connectivity index (χ1n) is 11.1. The number of methoxy groups -OCH3 is 2. The number of hydrogen-bond acceptors (Lipinski definition) is 7. The number of benzene rings is 2. The predicted octanol–water partition coefficient (Wildman–Crippen LogP) is 5.85. The summed E-state index contributed by atoms with van der Waals surface area (Å²) in [6, 6.07) is 14.0. The molecule has 34 heavy (non-hydrogen) atoms. The van der Waals surface area contributed by atoms with Crippen LogP contribution in [0, 0.1) is 5.82 Å². The van der Waals surface area contributed by atoms with Gasteiger partial charge in [0.2, 0.25) is 5.71 Å². The lowest BCUT2D eigenvalue weighted by molar-refractivity contribution is -0.140. The Labute approximate surface area is 196 Å². The van der Waals surface area contributed by atoms with Crippen molar-refractivity contribution in [2.75, 3.05) is 26.1 Å². The summed E-state index contributed by atoms with van der Waals surface area (Å²) < 4.78 is 30.8. The number of ether oxygens (including phenoxy) is 2. The summed E-state index contributed by atoms with van der Waals surface area (Å²) in [5, 5.41) is 4.04. The number of rotatable bonds is 10. The second-order valence-corrected chi connectivity index (χ2v) is 7.73. The van der Waals surface area contributed by atoms with E-state index in [-0.39, 0.29) is 11.8 Å². The van der Waals surface area contributed by atoms with E-state index < -0.39 is 0 Å². The number of carbonyl (C=O) groups is 1. The molecule has 0 spiro atoms. The lowest BCUT2D eigenvalue weighted by Crippen LogP contribution is -2.05. The third-order valence-electron chi connectivity index (χ3n) is 5.56. The number of aromatic nitrogens is 2. The molecule has 2 heterocycles. The van der Waals surface area contributed by atoms with Gasteiger partial charge in [-0.3, -0.25) is 4.79 Å². The van der Waals surface area contributed by atoms with Gasteiger partial charge in [0, 0.05) is 18.5 Å². The maximum Gasteiger partial charge on any atom is 0.305 e. The second-order valence-electron chi connectivity index (χ2n) is 7.73. The largest absolute Gasteiger partial charge is 0.497 e. The number of carbonyl (C=O) groups excluding carboxylic acids is 1. The molecule has 2 aromatic carbocycles. The van der Waals surface area contributed by atoms with Crippen LogP contribution in [-0.4, -0.2) is 36.7 Å². The lowest BCUT2D eigenvalue weighted by Gasteiger charge is -2.09. The number of unbranched alkanes of at least 4 members (excludes halogenated alkanes) is 2. The molecule has 7 nitrogen and oxygen atoms in total. The van der Waals surface area contributed by atoms with Crippen molar-refractivity contribution in [3.63, 3.8) is 0 Å². The number of nitrogens with zero attached hydrogens (tertiary/aromatic N) is 2. The van der Waals surface area contributed by atoms with Crippen molar-refractivity contribution in [1.29, 1.82) is 0 Å². The van der Waals surface area contributed by atoms with Gasteiger partial charge in [-0.2, -0.15) is 0 Å². The highest BCUT2D eigenvalue weighted by molar-refractivity contribution is 6.05. The normalized spacial score (nSPS) is 10.9. The predicted molar refractivity (Wildman–Crippen MR) is 128 cm³/mol. The van der Waals surface area contributed by atoms with Gasteiger partial charge in [-0.1, -0.05) is 30.7 Å². The number of esters is 1. The first kappa shape index (κ1) is 23.2. The summed E-state index contributed by atoms with van der Waals surface area (Å²) in [5.41, 5.74) is 2.25. The Balaban J connectivity index is 1.69. The van der Waals surface area contributed by atoms with Crippen molar-refractivity contribution < 1.29 is 23.1 Å². The van der Waals surface area contributed by atoms with Gasteiger partial charge in [0.15, 0.2) is 0 Å². The Bertz CT molecular complexity index is 1270. The molecule has 0 saturated heterocycles. The first-order valence-corrected chi connectivity index (χ1v) is 11.1. The van der Waals surface area contributed by atoms with Gasteiger partial charge in [0.05, 0.1) is 25.2 Å². The van der Waals surface area contributed by atoms with Gasteiger partial charge < -0.3 is 19.2 Å². The van der Waals surface area contributed by atoms with Crippen LogP contribution < -0.4 is 10.1 Å². The Morgan fingerprint density at radius 2 is 1.82 bits per heavy atom. The molecule has 0 aliphatic rings. The molecular formula is C26H26FN3O4. The third-order valence-corrected chi connectivity index (χ3v) is 5.56. The Morgan fingerprint density at radius 3 is 2.56 bits per heavy atom. The monoisotopic (exact) mass is 463 g/mol. The zero-order chi connectivity index (χ0) is 23.9. The number of hydrogen-bond donors (Lipinski definition) is 1. The molecule has 4 rings (SSSR count). The molecule has 0 saturated carbocycles. The minimum atomic E-state index is -0.385. The fourth-order valence-corrected chi connectivity index (χ4v) is 3.82. The first-order chi connectivity index (χ1) is 16.6. The number of furan rings is 1. The van der Waals surface area contributed by atoms with E-state index in [0.29, 0.717) is 52.5 Å². The van der Waals surface area contributed by atoms with Crippen molar-refractivity contribution in [3.8, 4) is 28.2 Å². The van der Waals surface area contributed by atoms with Crippen LogP contribution in [-0.2, 0) is 9.53 Å².